The van der Waals surface area contributed by atoms with Gasteiger partial charge in [0.15, 0.2) is 0 Å². The monoisotopic (exact) mass is 447 g/mol. The number of pyridine rings is 1. The van der Waals surface area contributed by atoms with E-state index in [4.69, 9.17) is 11.6 Å². The quantitative estimate of drug-likeness (QED) is 0.443. The zero-order chi connectivity index (χ0) is 22.7. The fourth-order valence-electron chi connectivity index (χ4n) is 3.20. The molecule has 9 heteroatoms. The Hall–Kier alpha value is -4.17. The van der Waals surface area contributed by atoms with Gasteiger partial charge in [0.25, 0.3) is 5.91 Å². The van der Waals surface area contributed by atoms with Crippen molar-refractivity contribution in [1.29, 1.82) is 0 Å². The molecule has 160 valence electrons. The van der Waals surface area contributed by atoms with Gasteiger partial charge in [0, 0.05) is 47.2 Å². The summed E-state index contributed by atoms with van der Waals surface area (Å²) in [4.78, 5) is 42.2. The highest BCUT2D eigenvalue weighted by molar-refractivity contribution is 6.30. The lowest BCUT2D eigenvalue weighted by molar-refractivity contribution is 0.0939. The van der Waals surface area contributed by atoms with Crippen molar-refractivity contribution in [1.82, 2.24) is 15.0 Å². The lowest BCUT2D eigenvalue weighted by Crippen LogP contribution is -2.48. The van der Waals surface area contributed by atoms with Crippen LogP contribution in [0.15, 0.2) is 79.3 Å². The predicted octanol–water partition coefficient (Wildman–Crippen LogP) is 4.73. The van der Waals surface area contributed by atoms with E-state index in [9.17, 15) is 14.4 Å². The molecule has 0 spiro atoms. The summed E-state index contributed by atoms with van der Waals surface area (Å²) in [7, 11) is 0. The number of hydrazine groups is 1. The molecule has 2 aromatic carbocycles. The molecule has 0 aliphatic heterocycles. The zero-order valence-corrected chi connectivity index (χ0v) is 17.7. The number of nitrogens with zero attached hydrogens (tertiary/aromatic N) is 3. The number of carbonyl (C=O) groups is 3. The molecule has 2 aromatic heterocycles. The molecule has 4 aromatic rings. The molecule has 0 bridgehead atoms. The molecule has 4 rings (SSSR count). The van der Waals surface area contributed by atoms with Gasteiger partial charge in [0.05, 0.1) is 11.2 Å². The first-order valence-corrected chi connectivity index (χ1v) is 10.0. The lowest BCUT2D eigenvalue weighted by Gasteiger charge is -2.23. The van der Waals surface area contributed by atoms with Crippen LogP contribution in [0.25, 0.3) is 10.9 Å². The van der Waals surface area contributed by atoms with Gasteiger partial charge in [0.1, 0.15) is 0 Å². The molecule has 32 heavy (non-hydrogen) atoms. The van der Waals surface area contributed by atoms with Gasteiger partial charge in [-0.1, -0.05) is 29.8 Å². The van der Waals surface area contributed by atoms with Crippen LogP contribution in [0.5, 0.6) is 0 Å². The van der Waals surface area contributed by atoms with Crippen LogP contribution in [0.2, 0.25) is 5.02 Å². The van der Waals surface area contributed by atoms with E-state index >= 15 is 0 Å². The standard InChI is InChI=1S/C23H18ClN5O3/c1-15(30)28-14-21(19-4-2-3-5-20(19)28)29(27-22(31)16-10-12-25-13-11-16)23(32)26-18-8-6-17(24)7-9-18/h2-14H,1H3,(H,26,32)(H,27,31). The molecule has 2 N–H and O–H groups in total. The maximum Gasteiger partial charge on any atom is 0.345 e. The molecular weight excluding hydrogens is 430 g/mol. The van der Waals surface area contributed by atoms with E-state index in [1.54, 1.807) is 48.5 Å². The van der Waals surface area contributed by atoms with Crippen molar-refractivity contribution in [2.75, 3.05) is 10.3 Å². The Bertz CT molecular complexity index is 1300. The first kappa shape index (κ1) is 21.1. The summed E-state index contributed by atoms with van der Waals surface area (Å²) in [5.74, 6) is -0.746. The molecule has 0 unspecified atom stereocenters. The van der Waals surface area contributed by atoms with Gasteiger partial charge >= 0.3 is 6.03 Å². The average Bonchev–Trinajstić information content (AvgIpc) is 3.19. The second-order valence-electron chi connectivity index (χ2n) is 6.87. The van der Waals surface area contributed by atoms with Crippen LogP contribution in [0, 0.1) is 0 Å². The molecule has 0 radical (unpaired) electrons. The summed E-state index contributed by atoms with van der Waals surface area (Å²) in [5.41, 5.74) is 4.38. The van der Waals surface area contributed by atoms with Crippen molar-refractivity contribution >= 4 is 51.7 Å². The maximum absolute atomic E-state index is 13.2. The van der Waals surface area contributed by atoms with E-state index in [0.717, 1.165) is 5.01 Å². The molecule has 0 atom stereocenters. The number of anilines is 2. The third-order valence-electron chi connectivity index (χ3n) is 4.73. The van der Waals surface area contributed by atoms with E-state index in [1.165, 1.54) is 42.2 Å². The number of benzene rings is 2. The third kappa shape index (κ3) is 4.30. The van der Waals surface area contributed by atoms with Gasteiger partial charge in [-0.15, -0.1) is 0 Å². The Morgan fingerprint density at radius 1 is 0.969 bits per heavy atom. The van der Waals surface area contributed by atoms with Crippen molar-refractivity contribution < 1.29 is 14.4 Å². The first-order valence-electron chi connectivity index (χ1n) is 9.63. The molecule has 0 saturated carbocycles. The summed E-state index contributed by atoms with van der Waals surface area (Å²) in [5, 5.41) is 4.96. The summed E-state index contributed by atoms with van der Waals surface area (Å²) < 4.78 is 1.42. The predicted molar refractivity (Wildman–Crippen MR) is 123 cm³/mol. The highest BCUT2D eigenvalue weighted by atomic mass is 35.5. The molecule has 0 fully saturated rings. The molecule has 3 amide bonds. The van der Waals surface area contributed by atoms with Crippen LogP contribution < -0.4 is 15.8 Å². The maximum atomic E-state index is 13.2. The van der Waals surface area contributed by atoms with Gasteiger partial charge in [-0.2, -0.15) is 0 Å². The molecule has 8 nitrogen and oxygen atoms in total. The van der Waals surface area contributed by atoms with Crippen LogP contribution >= 0.6 is 11.6 Å². The fraction of sp³-hybridized carbons (Fsp3) is 0.0435. The number of nitrogens with one attached hydrogen (secondary N) is 2. The minimum Gasteiger partial charge on any atom is -0.306 e. The van der Waals surface area contributed by atoms with Crippen LogP contribution in [-0.2, 0) is 0 Å². The summed E-state index contributed by atoms with van der Waals surface area (Å²) >= 11 is 5.92. The Balaban J connectivity index is 1.76. The topological polar surface area (TPSA) is 96.3 Å². The lowest BCUT2D eigenvalue weighted by atomic mass is 10.2. The molecular formula is C23H18ClN5O3. The number of urea groups is 1. The summed E-state index contributed by atoms with van der Waals surface area (Å²) in [6.07, 6.45) is 4.48. The minimum absolute atomic E-state index is 0.231. The van der Waals surface area contributed by atoms with Crippen LogP contribution in [0.1, 0.15) is 22.1 Å². The number of hydrogen-bond donors (Lipinski definition) is 2. The number of amides is 3. The third-order valence-corrected chi connectivity index (χ3v) is 4.98. The SMILES string of the molecule is CC(=O)n1cc(N(NC(=O)c2ccncc2)C(=O)Nc2ccc(Cl)cc2)c2ccccc21. The van der Waals surface area contributed by atoms with Gasteiger partial charge in [-0.3, -0.25) is 24.6 Å². The molecule has 0 aliphatic rings. The Morgan fingerprint density at radius 2 is 1.66 bits per heavy atom. The van der Waals surface area contributed by atoms with Crippen molar-refractivity contribution in [2.45, 2.75) is 6.92 Å². The van der Waals surface area contributed by atoms with Crippen LogP contribution in [0.4, 0.5) is 16.2 Å². The average molecular weight is 448 g/mol. The van der Waals surface area contributed by atoms with Gasteiger partial charge < -0.3 is 5.32 Å². The van der Waals surface area contributed by atoms with Crippen molar-refractivity contribution in [3.63, 3.8) is 0 Å². The van der Waals surface area contributed by atoms with E-state index in [1.807, 2.05) is 0 Å². The van der Waals surface area contributed by atoms with Crippen molar-refractivity contribution in [2.24, 2.45) is 0 Å². The summed E-state index contributed by atoms with van der Waals surface area (Å²) in [6.45, 7) is 1.42. The van der Waals surface area contributed by atoms with E-state index < -0.39 is 11.9 Å². The van der Waals surface area contributed by atoms with Gasteiger partial charge in [0.2, 0.25) is 5.91 Å². The number of halogens is 1. The Kier molecular flexibility index (Phi) is 5.87. The van der Waals surface area contributed by atoms with E-state index in [2.05, 4.69) is 15.7 Å². The molecule has 0 aliphatic carbocycles. The van der Waals surface area contributed by atoms with Crippen molar-refractivity contribution in [3.05, 3.63) is 89.8 Å². The number of hydrogen-bond acceptors (Lipinski definition) is 4. The number of aromatic nitrogens is 2. The number of para-hydroxylation sites is 1. The second kappa shape index (κ2) is 8.91. The number of rotatable bonds is 3. The second-order valence-corrected chi connectivity index (χ2v) is 7.31. The van der Waals surface area contributed by atoms with Crippen molar-refractivity contribution in [3.8, 4) is 0 Å². The first-order chi connectivity index (χ1) is 15.4. The normalized spacial score (nSPS) is 10.6. The highest BCUT2D eigenvalue weighted by Crippen LogP contribution is 2.29. The smallest absolute Gasteiger partial charge is 0.306 e. The van der Waals surface area contributed by atoms with Gasteiger partial charge in [-0.05, 0) is 42.5 Å². The molecule has 2 heterocycles. The van der Waals surface area contributed by atoms with Gasteiger partial charge in [-0.25, -0.2) is 9.80 Å². The van der Waals surface area contributed by atoms with Crippen LogP contribution in [0.3, 0.4) is 0 Å². The Morgan fingerprint density at radius 3 is 2.34 bits per heavy atom. The van der Waals surface area contributed by atoms with E-state index in [-0.39, 0.29) is 5.91 Å². The number of carbonyl (C=O) groups excluding carboxylic acids is 3. The zero-order valence-electron chi connectivity index (χ0n) is 16.9. The minimum atomic E-state index is -0.624. The molecule has 0 saturated heterocycles. The fourth-order valence-corrected chi connectivity index (χ4v) is 3.33. The van der Waals surface area contributed by atoms with E-state index in [0.29, 0.717) is 32.9 Å². The van der Waals surface area contributed by atoms with Crippen LogP contribution in [-0.4, -0.2) is 27.4 Å². The number of fused-ring (bicyclic) bond motifs is 1. The Labute approximate surface area is 188 Å². The summed E-state index contributed by atoms with van der Waals surface area (Å²) in [6, 6.07) is 16.1. The highest BCUT2D eigenvalue weighted by Gasteiger charge is 2.24. The largest absolute Gasteiger partial charge is 0.345 e.